The minimum absolute atomic E-state index is 0. The van der Waals surface area contributed by atoms with Gasteiger partial charge in [0.1, 0.15) is 0 Å². The Labute approximate surface area is 92.2 Å². The van der Waals surface area contributed by atoms with E-state index in [9.17, 15) is 0 Å². The van der Waals surface area contributed by atoms with Crippen molar-refractivity contribution < 1.29 is 0 Å². The summed E-state index contributed by atoms with van der Waals surface area (Å²) in [4.78, 5) is 0. The molecule has 0 aliphatic carbocycles. The number of halogens is 4. The van der Waals surface area contributed by atoms with Gasteiger partial charge in [-0.2, -0.15) is 0 Å². The van der Waals surface area contributed by atoms with Gasteiger partial charge in [0.05, 0.1) is 0 Å². The molecule has 0 saturated heterocycles. The average Bonchev–Trinajstić information content (AvgIpc) is 1.85. The molecule has 1 aromatic carbocycles. The molecule has 0 fully saturated rings. The lowest BCUT2D eigenvalue weighted by Gasteiger charge is -2.03. The summed E-state index contributed by atoms with van der Waals surface area (Å²) in [5, 5.41) is 1.56. The van der Waals surface area contributed by atoms with Crippen LogP contribution >= 0.6 is 47.2 Å². The molecule has 0 radical (unpaired) electrons. The van der Waals surface area contributed by atoms with Crippen LogP contribution in [0.15, 0.2) is 12.1 Å². The van der Waals surface area contributed by atoms with Crippen LogP contribution in [0.4, 0.5) is 0 Å². The molecule has 0 aliphatic rings. The van der Waals surface area contributed by atoms with Crippen LogP contribution in [-0.4, -0.2) is 0 Å². The molecule has 68 valence electrons. The summed E-state index contributed by atoms with van der Waals surface area (Å²) >= 11 is 17.2. The smallest absolute Gasteiger partial charge is 0.0480 e. The Bertz CT molecular complexity index is 251. The summed E-state index contributed by atoms with van der Waals surface area (Å²) in [7, 11) is 0. The van der Waals surface area contributed by atoms with Gasteiger partial charge in [0.25, 0.3) is 0 Å². The maximum atomic E-state index is 5.79. The SMILES string of the molecule is Cl.NCc1c(Cl)cc(Cl)cc1Cl. The van der Waals surface area contributed by atoms with Crippen molar-refractivity contribution in [2.75, 3.05) is 0 Å². The lowest BCUT2D eigenvalue weighted by molar-refractivity contribution is 1.07. The van der Waals surface area contributed by atoms with Crippen molar-refractivity contribution in [3.8, 4) is 0 Å². The largest absolute Gasteiger partial charge is 0.326 e. The monoisotopic (exact) mass is 245 g/mol. The molecule has 0 spiro atoms. The summed E-state index contributed by atoms with van der Waals surface area (Å²) in [6.07, 6.45) is 0. The molecule has 0 amide bonds. The second-order valence-corrected chi connectivity index (χ2v) is 3.30. The standard InChI is InChI=1S/C7H6Cl3N.ClH/c8-4-1-6(9)5(3-11)7(10)2-4;/h1-2H,3,11H2;1H. The Morgan fingerprint density at radius 1 is 1.08 bits per heavy atom. The van der Waals surface area contributed by atoms with E-state index in [4.69, 9.17) is 40.5 Å². The van der Waals surface area contributed by atoms with Gasteiger partial charge in [0, 0.05) is 27.2 Å². The minimum atomic E-state index is 0. The highest BCUT2D eigenvalue weighted by Crippen LogP contribution is 2.28. The molecule has 0 heterocycles. The number of nitrogens with two attached hydrogens (primary N) is 1. The summed E-state index contributed by atoms with van der Waals surface area (Å²) in [5.74, 6) is 0. The van der Waals surface area contributed by atoms with Crippen molar-refractivity contribution in [3.05, 3.63) is 32.8 Å². The van der Waals surface area contributed by atoms with Crippen molar-refractivity contribution in [1.82, 2.24) is 0 Å². The third kappa shape index (κ3) is 2.68. The van der Waals surface area contributed by atoms with E-state index in [0.29, 0.717) is 21.6 Å². The van der Waals surface area contributed by atoms with Crippen LogP contribution in [0.5, 0.6) is 0 Å². The zero-order valence-electron chi connectivity index (χ0n) is 5.98. The molecule has 0 bridgehead atoms. The van der Waals surface area contributed by atoms with E-state index in [2.05, 4.69) is 0 Å². The lowest BCUT2D eigenvalue weighted by atomic mass is 10.2. The van der Waals surface area contributed by atoms with E-state index in [0.717, 1.165) is 5.56 Å². The van der Waals surface area contributed by atoms with Crippen LogP contribution in [0.1, 0.15) is 5.56 Å². The number of rotatable bonds is 1. The van der Waals surface area contributed by atoms with Gasteiger partial charge in [-0.1, -0.05) is 34.8 Å². The molecule has 1 rings (SSSR count). The van der Waals surface area contributed by atoms with Crippen molar-refractivity contribution >= 4 is 47.2 Å². The number of hydrogen-bond acceptors (Lipinski definition) is 1. The Balaban J connectivity index is 0.00000121. The molecule has 0 unspecified atom stereocenters. The molecular formula is C7H7Cl4N. The molecule has 5 heteroatoms. The number of benzene rings is 1. The molecule has 0 aliphatic heterocycles. The molecule has 1 aromatic rings. The van der Waals surface area contributed by atoms with Crippen LogP contribution in [0.25, 0.3) is 0 Å². The van der Waals surface area contributed by atoms with Crippen LogP contribution in [0.3, 0.4) is 0 Å². The van der Waals surface area contributed by atoms with E-state index in [-0.39, 0.29) is 12.4 Å². The first-order valence-corrected chi connectivity index (χ1v) is 4.12. The van der Waals surface area contributed by atoms with Gasteiger partial charge in [0.2, 0.25) is 0 Å². The Morgan fingerprint density at radius 2 is 1.50 bits per heavy atom. The van der Waals surface area contributed by atoms with Gasteiger partial charge in [-0.3, -0.25) is 0 Å². The van der Waals surface area contributed by atoms with Gasteiger partial charge < -0.3 is 5.73 Å². The normalized spacial score (nSPS) is 9.33. The molecule has 1 nitrogen and oxygen atoms in total. The van der Waals surface area contributed by atoms with E-state index in [1.165, 1.54) is 0 Å². The molecule has 0 atom stereocenters. The third-order valence-corrected chi connectivity index (χ3v) is 2.20. The Kier molecular flexibility index (Phi) is 5.30. The highest BCUT2D eigenvalue weighted by molar-refractivity contribution is 6.39. The molecular weight excluding hydrogens is 240 g/mol. The predicted molar refractivity (Wildman–Crippen MR) is 56.6 cm³/mol. The predicted octanol–water partition coefficient (Wildman–Crippen LogP) is 3.53. The highest BCUT2D eigenvalue weighted by Gasteiger charge is 2.04. The first-order chi connectivity index (χ1) is 5.15. The average molecular weight is 247 g/mol. The van der Waals surface area contributed by atoms with E-state index in [1.807, 2.05) is 0 Å². The first-order valence-electron chi connectivity index (χ1n) is 2.98. The second kappa shape index (κ2) is 5.15. The van der Waals surface area contributed by atoms with Gasteiger partial charge in [-0.25, -0.2) is 0 Å². The van der Waals surface area contributed by atoms with Gasteiger partial charge >= 0.3 is 0 Å². The lowest BCUT2D eigenvalue weighted by Crippen LogP contribution is -1.97. The fourth-order valence-corrected chi connectivity index (χ4v) is 1.74. The van der Waals surface area contributed by atoms with E-state index < -0.39 is 0 Å². The van der Waals surface area contributed by atoms with Gasteiger partial charge in [-0.15, -0.1) is 12.4 Å². The maximum Gasteiger partial charge on any atom is 0.0480 e. The van der Waals surface area contributed by atoms with Gasteiger partial charge in [0.15, 0.2) is 0 Å². The first kappa shape index (κ1) is 12.3. The summed E-state index contributed by atoms with van der Waals surface area (Å²) < 4.78 is 0. The van der Waals surface area contributed by atoms with Crippen molar-refractivity contribution in [2.24, 2.45) is 5.73 Å². The molecule has 12 heavy (non-hydrogen) atoms. The molecule has 0 aromatic heterocycles. The topological polar surface area (TPSA) is 26.0 Å². The molecule has 2 N–H and O–H groups in total. The summed E-state index contributed by atoms with van der Waals surface area (Å²) in [5.41, 5.74) is 6.12. The highest BCUT2D eigenvalue weighted by atomic mass is 35.5. The van der Waals surface area contributed by atoms with Crippen LogP contribution < -0.4 is 5.73 Å². The Morgan fingerprint density at radius 3 is 1.83 bits per heavy atom. The van der Waals surface area contributed by atoms with Crippen LogP contribution in [0.2, 0.25) is 15.1 Å². The van der Waals surface area contributed by atoms with E-state index >= 15 is 0 Å². The second-order valence-electron chi connectivity index (χ2n) is 2.05. The van der Waals surface area contributed by atoms with Crippen molar-refractivity contribution in [1.29, 1.82) is 0 Å². The van der Waals surface area contributed by atoms with Crippen molar-refractivity contribution in [3.63, 3.8) is 0 Å². The summed E-state index contributed by atoms with van der Waals surface area (Å²) in [6.45, 7) is 0.328. The third-order valence-electron chi connectivity index (χ3n) is 1.31. The minimum Gasteiger partial charge on any atom is -0.326 e. The Hall–Kier alpha value is 0.340. The zero-order valence-corrected chi connectivity index (χ0v) is 9.07. The summed E-state index contributed by atoms with van der Waals surface area (Å²) in [6, 6.07) is 3.24. The van der Waals surface area contributed by atoms with Crippen molar-refractivity contribution in [2.45, 2.75) is 6.54 Å². The van der Waals surface area contributed by atoms with E-state index in [1.54, 1.807) is 12.1 Å². The maximum absolute atomic E-state index is 5.79. The fourth-order valence-electron chi connectivity index (χ4n) is 0.767. The number of hydrogen-bond donors (Lipinski definition) is 1. The fraction of sp³-hybridized carbons (Fsp3) is 0.143. The van der Waals surface area contributed by atoms with Gasteiger partial charge in [-0.05, 0) is 12.1 Å². The quantitative estimate of drug-likeness (QED) is 0.806. The zero-order chi connectivity index (χ0) is 8.43. The molecule has 0 saturated carbocycles. The van der Waals surface area contributed by atoms with Crippen LogP contribution in [-0.2, 0) is 6.54 Å². The van der Waals surface area contributed by atoms with Crippen LogP contribution in [0, 0.1) is 0 Å².